The summed E-state index contributed by atoms with van der Waals surface area (Å²) in [6.45, 7) is 7.97. The number of anilines is 2. The molecule has 0 N–H and O–H groups in total. The highest BCUT2D eigenvalue weighted by atomic mass is 16.3. The molecule has 3 aromatic carbocycles. The molecule has 2 aromatic heterocycles. The molecule has 340 valence electrons. The average Bonchev–Trinajstić information content (AvgIpc) is 3.96. The number of rotatable bonds is 11. The van der Waals surface area contributed by atoms with Crippen molar-refractivity contribution >= 4 is 57.4 Å². The minimum Gasteiger partial charge on any atom is -0.460 e. The van der Waals surface area contributed by atoms with Crippen LogP contribution in [0.4, 0.5) is 11.4 Å². The zero-order valence-electron chi connectivity index (χ0n) is 39.6. The predicted octanol–water partition coefficient (Wildman–Crippen LogP) is 17.2. The molecule has 7 aliphatic rings. The summed E-state index contributed by atoms with van der Waals surface area (Å²) in [5, 5.41) is 1.22. The Hall–Kier alpha value is -7.36. The molecule has 3 nitrogen and oxygen atoms in total. The molecule has 5 aromatic rings. The molecule has 7 aliphatic carbocycles. The van der Waals surface area contributed by atoms with Gasteiger partial charge in [-0.05, 0) is 175 Å². The maximum Gasteiger partial charge on any atom is 0.134 e. The summed E-state index contributed by atoms with van der Waals surface area (Å²) in [5.74, 6) is 1.83. The highest BCUT2D eigenvalue weighted by Crippen LogP contribution is 2.43. The van der Waals surface area contributed by atoms with Crippen LogP contribution in [0.25, 0.3) is 46.0 Å². The van der Waals surface area contributed by atoms with Crippen LogP contribution in [0.3, 0.4) is 0 Å². The van der Waals surface area contributed by atoms with E-state index in [0.717, 1.165) is 87.5 Å². The van der Waals surface area contributed by atoms with E-state index >= 15 is 0 Å². The lowest BCUT2D eigenvalue weighted by atomic mass is 9.80. The lowest BCUT2D eigenvalue weighted by Crippen LogP contribution is -2.30. The summed E-state index contributed by atoms with van der Waals surface area (Å²) in [5.41, 5.74) is 22.0. The third-order valence-corrected chi connectivity index (χ3v) is 15.4. The Morgan fingerprint density at radius 1 is 0.667 bits per heavy atom. The Labute approximate surface area is 408 Å². The predicted molar refractivity (Wildman–Crippen MR) is 293 cm³/mol. The molecule has 12 rings (SSSR count). The second-order valence-electron chi connectivity index (χ2n) is 19.5. The number of hydrogen-bond acceptors (Lipinski definition) is 2. The average molecular weight is 897 g/mol. The number of aromatic nitrogens is 1. The maximum absolute atomic E-state index is 6.54. The monoisotopic (exact) mass is 896 g/mol. The van der Waals surface area contributed by atoms with Crippen LogP contribution < -0.4 is 4.90 Å². The highest BCUT2D eigenvalue weighted by molar-refractivity contribution is 5.96. The van der Waals surface area contributed by atoms with Crippen molar-refractivity contribution in [3.63, 3.8) is 0 Å². The van der Waals surface area contributed by atoms with Gasteiger partial charge in [-0.2, -0.15) is 0 Å². The van der Waals surface area contributed by atoms with Crippen molar-refractivity contribution in [3.8, 4) is 0 Å². The van der Waals surface area contributed by atoms with E-state index in [1.807, 2.05) is 18.2 Å². The minimum atomic E-state index is 0.161. The molecule has 0 radical (unpaired) electrons. The fraction of sp³-hybridized carbons (Fsp3) is 0.212. The van der Waals surface area contributed by atoms with Gasteiger partial charge in [0, 0.05) is 57.7 Å². The molecular formula is C66H60N2O. The fourth-order valence-electron chi connectivity index (χ4n) is 11.8. The van der Waals surface area contributed by atoms with Gasteiger partial charge in [-0.3, -0.25) is 0 Å². The van der Waals surface area contributed by atoms with E-state index in [1.54, 1.807) is 0 Å². The first kappa shape index (κ1) is 43.0. The summed E-state index contributed by atoms with van der Waals surface area (Å²) in [6, 6.07) is 25.4. The molecule has 3 atom stereocenters. The largest absolute Gasteiger partial charge is 0.460 e. The van der Waals surface area contributed by atoms with E-state index in [9.17, 15) is 0 Å². The lowest BCUT2D eigenvalue weighted by Gasteiger charge is -2.33. The number of fused-ring (bicyclic) bond motifs is 6. The zero-order valence-corrected chi connectivity index (χ0v) is 39.6. The van der Waals surface area contributed by atoms with Crippen molar-refractivity contribution in [3.05, 3.63) is 250 Å². The third-order valence-electron chi connectivity index (χ3n) is 15.4. The van der Waals surface area contributed by atoms with Gasteiger partial charge in [0.15, 0.2) is 0 Å². The lowest BCUT2D eigenvalue weighted by molar-refractivity contribution is 0.547. The Morgan fingerprint density at radius 3 is 2.19 bits per heavy atom. The third kappa shape index (κ3) is 8.18. The summed E-state index contributed by atoms with van der Waals surface area (Å²) in [6.07, 6.45) is 57.6. The molecule has 3 unspecified atom stereocenters. The topological polar surface area (TPSA) is 21.3 Å². The SMILES string of the molecule is C=C/C=C(\C=C)C1=CCC(N(c2ccc(C3=CCCC=C3)cc2)c2ccc(C3=Cc4c(oc5ccc(C6C=CC(C7C=Cc8c(c9c(n8C8=CCCC=C8)CCC=C9)C7)=CC6)cc45)CC3)cc2)C=C1. The number of hydrogen-bond donors (Lipinski definition) is 0. The maximum atomic E-state index is 6.54. The number of allylic oxidation sites excluding steroid dienone is 21. The van der Waals surface area contributed by atoms with E-state index in [0.29, 0.717) is 11.8 Å². The normalized spacial score (nSPS) is 21.4. The van der Waals surface area contributed by atoms with Crippen LogP contribution >= 0.6 is 0 Å². The number of aryl methyl sites for hydroxylation is 1. The van der Waals surface area contributed by atoms with Crippen LogP contribution in [0.15, 0.2) is 204 Å². The van der Waals surface area contributed by atoms with Gasteiger partial charge in [-0.25, -0.2) is 0 Å². The fourth-order valence-corrected chi connectivity index (χ4v) is 11.8. The Balaban J connectivity index is 0.780. The van der Waals surface area contributed by atoms with Gasteiger partial charge in [0.25, 0.3) is 0 Å². The standard InChI is InChI=1S/C66H60N2O/c1-3-13-45(4-2)47-24-33-56(34-25-47)67(57-35-26-48(27-36-57)46-14-7-5-8-15-46)58-37-28-51(29-38-58)54-32-41-66-62(44-54)61-43-53(31-40-65(61)69-66)50-22-20-49(21-23-50)52-30-39-64-60(42-52)59-18-11-12-19-63(59)68(64)55-16-9-6-10-17-55/h3-4,7,9,11,13-18,20-22,24-31,33,35-40,43-44,50,52,56H,1-2,5-6,8,10,12,19,23,32,34,41-42H2/b45-13+. The van der Waals surface area contributed by atoms with Gasteiger partial charge in [0.1, 0.15) is 11.3 Å². The highest BCUT2D eigenvalue weighted by Gasteiger charge is 2.29. The van der Waals surface area contributed by atoms with Crippen LogP contribution in [0.2, 0.25) is 0 Å². The van der Waals surface area contributed by atoms with E-state index in [1.165, 1.54) is 89.5 Å². The Morgan fingerprint density at radius 2 is 1.46 bits per heavy atom. The summed E-state index contributed by atoms with van der Waals surface area (Å²) < 4.78 is 9.11. The molecule has 0 fully saturated rings. The quantitative estimate of drug-likeness (QED) is 0.123. The summed E-state index contributed by atoms with van der Waals surface area (Å²) in [4.78, 5) is 2.49. The van der Waals surface area contributed by atoms with Gasteiger partial charge in [0.2, 0.25) is 0 Å². The van der Waals surface area contributed by atoms with Crippen LogP contribution in [0.1, 0.15) is 108 Å². The molecule has 0 aliphatic heterocycles. The zero-order chi connectivity index (χ0) is 46.3. The van der Waals surface area contributed by atoms with Gasteiger partial charge in [-0.15, -0.1) is 0 Å². The smallest absolute Gasteiger partial charge is 0.134 e. The Bertz CT molecular complexity index is 3270. The van der Waals surface area contributed by atoms with E-state index in [-0.39, 0.29) is 6.04 Å². The molecule has 0 bridgehead atoms. The molecule has 2 heterocycles. The van der Waals surface area contributed by atoms with Crippen LogP contribution in [-0.2, 0) is 19.3 Å². The second kappa shape index (κ2) is 18.6. The first-order chi connectivity index (χ1) is 34.1. The van der Waals surface area contributed by atoms with Crippen molar-refractivity contribution in [2.45, 2.75) is 82.6 Å². The second-order valence-corrected chi connectivity index (χ2v) is 19.5. The van der Waals surface area contributed by atoms with Crippen LogP contribution in [0, 0.1) is 5.92 Å². The number of furan rings is 1. The van der Waals surface area contributed by atoms with E-state index in [2.05, 4.69) is 193 Å². The molecule has 0 saturated heterocycles. The van der Waals surface area contributed by atoms with Crippen LogP contribution in [0.5, 0.6) is 0 Å². The van der Waals surface area contributed by atoms with Crippen molar-refractivity contribution < 1.29 is 4.42 Å². The summed E-state index contributed by atoms with van der Waals surface area (Å²) in [7, 11) is 0. The van der Waals surface area contributed by atoms with Gasteiger partial charge < -0.3 is 13.9 Å². The molecule has 0 amide bonds. The van der Waals surface area contributed by atoms with Crippen molar-refractivity contribution in [1.82, 2.24) is 4.57 Å². The van der Waals surface area contributed by atoms with E-state index < -0.39 is 0 Å². The first-order valence-corrected chi connectivity index (χ1v) is 25.4. The molecule has 3 heteroatoms. The minimum absolute atomic E-state index is 0.161. The van der Waals surface area contributed by atoms with Gasteiger partial charge >= 0.3 is 0 Å². The number of nitrogens with zero attached hydrogens (tertiary/aromatic N) is 2. The van der Waals surface area contributed by atoms with E-state index in [4.69, 9.17) is 4.42 Å². The Kier molecular flexibility index (Phi) is 11.6. The van der Waals surface area contributed by atoms with Crippen LogP contribution in [-0.4, -0.2) is 10.6 Å². The molecule has 69 heavy (non-hydrogen) atoms. The van der Waals surface area contributed by atoms with Crippen molar-refractivity contribution in [1.29, 1.82) is 0 Å². The molecule has 0 saturated carbocycles. The van der Waals surface area contributed by atoms with Gasteiger partial charge in [0.05, 0.1) is 6.04 Å². The number of benzene rings is 3. The van der Waals surface area contributed by atoms with Crippen molar-refractivity contribution in [2.75, 3.05) is 4.90 Å². The van der Waals surface area contributed by atoms with Gasteiger partial charge in [-0.1, -0.05) is 147 Å². The summed E-state index contributed by atoms with van der Waals surface area (Å²) >= 11 is 0. The van der Waals surface area contributed by atoms with Crippen molar-refractivity contribution in [2.24, 2.45) is 5.92 Å². The molecule has 0 spiro atoms. The first-order valence-electron chi connectivity index (χ1n) is 25.4. The molecular weight excluding hydrogens is 837 g/mol.